The molecular weight excluding hydrogens is 284 g/mol. The standard InChI is InChI=1S/C16H16N2O4/c1-9-5-7-13(11(3)15(9)17(19)20)14-8-6-10(2)16(12(14)4)18(21)22/h5-8H,1-4H3. The molecule has 114 valence electrons. The Morgan fingerprint density at radius 2 is 1.00 bits per heavy atom. The van der Waals surface area contributed by atoms with Crippen LogP contribution in [0, 0.1) is 47.9 Å². The van der Waals surface area contributed by atoms with Gasteiger partial charge in [-0.2, -0.15) is 0 Å². The summed E-state index contributed by atoms with van der Waals surface area (Å²) in [7, 11) is 0. The van der Waals surface area contributed by atoms with Gasteiger partial charge < -0.3 is 0 Å². The monoisotopic (exact) mass is 300 g/mol. The molecule has 0 aliphatic heterocycles. The quantitative estimate of drug-likeness (QED) is 0.620. The molecule has 0 N–H and O–H groups in total. The molecule has 2 rings (SSSR count). The van der Waals surface area contributed by atoms with E-state index in [1.54, 1.807) is 52.0 Å². The second-order valence-corrected chi connectivity index (χ2v) is 5.32. The maximum Gasteiger partial charge on any atom is 0.275 e. The molecule has 0 heterocycles. The normalized spacial score (nSPS) is 10.5. The summed E-state index contributed by atoms with van der Waals surface area (Å²) >= 11 is 0. The van der Waals surface area contributed by atoms with Gasteiger partial charge in [-0.05, 0) is 38.8 Å². The van der Waals surface area contributed by atoms with Gasteiger partial charge >= 0.3 is 0 Å². The number of benzene rings is 2. The molecule has 0 bridgehead atoms. The first kappa shape index (κ1) is 15.6. The molecular formula is C16H16N2O4. The molecule has 0 radical (unpaired) electrons. The van der Waals surface area contributed by atoms with E-state index in [9.17, 15) is 20.2 Å². The van der Waals surface area contributed by atoms with Gasteiger partial charge in [-0.3, -0.25) is 20.2 Å². The van der Waals surface area contributed by atoms with Crippen LogP contribution >= 0.6 is 0 Å². The van der Waals surface area contributed by atoms with Gasteiger partial charge in [0, 0.05) is 22.3 Å². The summed E-state index contributed by atoms with van der Waals surface area (Å²) in [6.45, 7) is 6.70. The van der Waals surface area contributed by atoms with Crippen molar-refractivity contribution in [1.29, 1.82) is 0 Å². The van der Waals surface area contributed by atoms with E-state index in [2.05, 4.69) is 0 Å². The number of nitro benzene ring substituents is 2. The fraction of sp³-hybridized carbons (Fsp3) is 0.250. The summed E-state index contributed by atoms with van der Waals surface area (Å²) in [6, 6.07) is 6.90. The Labute approximate surface area is 127 Å². The predicted octanol–water partition coefficient (Wildman–Crippen LogP) is 4.40. The topological polar surface area (TPSA) is 86.3 Å². The maximum absolute atomic E-state index is 11.2. The van der Waals surface area contributed by atoms with Crippen molar-refractivity contribution in [2.75, 3.05) is 0 Å². The molecule has 0 saturated carbocycles. The summed E-state index contributed by atoms with van der Waals surface area (Å²) < 4.78 is 0. The summed E-state index contributed by atoms with van der Waals surface area (Å²) in [6.07, 6.45) is 0. The number of hydrogen-bond acceptors (Lipinski definition) is 4. The van der Waals surface area contributed by atoms with Crippen molar-refractivity contribution < 1.29 is 9.85 Å². The first-order valence-electron chi connectivity index (χ1n) is 6.75. The zero-order valence-electron chi connectivity index (χ0n) is 12.8. The van der Waals surface area contributed by atoms with Crippen LogP contribution in [0.25, 0.3) is 11.1 Å². The third-order valence-corrected chi connectivity index (χ3v) is 3.92. The molecule has 2 aromatic carbocycles. The lowest BCUT2D eigenvalue weighted by Crippen LogP contribution is -2.00. The highest BCUT2D eigenvalue weighted by molar-refractivity contribution is 5.78. The smallest absolute Gasteiger partial charge is 0.258 e. The lowest BCUT2D eigenvalue weighted by Gasteiger charge is -2.12. The summed E-state index contributed by atoms with van der Waals surface area (Å²) in [5.74, 6) is 0. The van der Waals surface area contributed by atoms with Crippen molar-refractivity contribution in [3.05, 3.63) is 66.7 Å². The van der Waals surface area contributed by atoms with E-state index in [0.29, 0.717) is 33.4 Å². The molecule has 0 unspecified atom stereocenters. The Kier molecular flexibility index (Phi) is 3.95. The van der Waals surface area contributed by atoms with Gasteiger partial charge in [-0.1, -0.05) is 24.3 Å². The van der Waals surface area contributed by atoms with E-state index < -0.39 is 9.85 Å². The highest BCUT2D eigenvalue weighted by Crippen LogP contribution is 2.37. The lowest BCUT2D eigenvalue weighted by atomic mass is 9.92. The number of hydrogen-bond donors (Lipinski definition) is 0. The lowest BCUT2D eigenvalue weighted by molar-refractivity contribution is -0.386. The molecule has 0 fully saturated rings. The second kappa shape index (κ2) is 5.55. The zero-order chi connectivity index (χ0) is 16.6. The van der Waals surface area contributed by atoms with Gasteiger partial charge in [0.05, 0.1) is 9.85 Å². The van der Waals surface area contributed by atoms with Crippen LogP contribution in [0.3, 0.4) is 0 Å². The molecule has 0 amide bonds. The zero-order valence-corrected chi connectivity index (χ0v) is 12.8. The Morgan fingerprint density at radius 3 is 1.27 bits per heavy atom. The molecule has 0 atom stereocenters. The molecule has 22 heavy (non-hydrogen) atoms. The van der Waals surface area contributed by atoms with Crippen molar-refractivity contribution in [3.63, 3.8) is 0 Å². The van der Waals surface area contributed by atoms with Crippen LogP contribution in [0.2, 0.25) is 0 Å². The minimum absolute atomic E-state index is 0.0557. The predicted molar refractivity (Wildman–Crippen MR) is 84.1 cm³/mol. The number of nitro groups is 2. The summed E-state index contributed by atoms with van der Waals surface area (Å²) in [4.78, 5) is 21.7. The van der Waals surface area contributed by atoms with Gasteiger partial charge in [-0.15, -0.1) is 0 Å². The molecule has 6 heteroatoms. The Bertz CT molecular complexity index is 730. The van der Waals surface area contributed by atoms with Crippen LogP contribution < -0.4 is 0 Å². The van der Waals surface area contributed by atoms with Crippen LogP contribution in [0.4, 0.5) is 11.4 Å². The van der Waals surface area contributed by atoms with Gasteiger partial charge in [0.25, 0.3) is 11.4 Å². The van der Waals surface area contributed by atoms with Gasteiger partial charge in [0.15, 0.2) is 0 Å². The highest BCUT2D eigenvalue weighted by atomic mass is 16.6. The molecule has 0 aliphatic rings. The summed E-state index contributed by atoms with van der Waals surface area (Å²) in [5.41, 5.74) is 3.60. The molecule has 0 saturated heterocycles. The minimum Gasteiger partial charge on any atom is -0.258 e. The van der Waals surface area contributed by atoms with Gasteiger partial charge in [0.2, 0.25) is 0 Å². The van der Waals surface area contributed by atoms with Crippen LogP contribution in [0.5, 0.6) is 0 Å². The van der Waals surface area contributed by atoms with Crippen LogP contribution in [0.1, 0.15) is 22.3 Å². The molecule has 0 aliphatic carbocycles. The maximum atomic E-state index is 11.2. The average molecular weight is 300 g/mol. The van der Waals surface area contributed by atoms with E-state index in [-0.39, 0.29) is 11.4 Å². The minimum atomic E-state index is -0.411. The van der Waals surface area contributed by atoms with Gasteiger partial charge in [0.1, 0.15) is 0 Å². The van der Waals surface area contributed by atoms with Crippen LogP contribution in [0.15, 0.2) is 24.3 Å². The highest BCUT2D eigenvalue weighted by Gasteiger charge is 2.23. The molecule has 6 nitrogen and oxygen atoms in total. The second-order valence-electron chi connectivity index (χ2n) is 5.32. The van der Waals surface area contributed by atoms with Crippen molar-refractivity contribution in [1.82, 2.24) is 0 Å². The Balaban J connectivity index is 2.79. The largest absolute Gasteiger partial charge is 0.275 e. The first-order chi connectivity index (χ1) is 10.3. The van der Waals surface area contributed by atoms with Crippen LogP contribution in [-0.2, 0) is 0 Å². The van der Waals surface area contributed by atoms with Crippen molar-refractivity contribution in [2.45, 2.75) is 27.7 Å². The number of rotatable bonds is 3. The average Bonchev–Trinajstić information content (AvgIpc) is 2.39. The molecule has 0 spiro atoms. The van der Waals surface area contributed by atoms with Crippen molar-refractivity contribution in [2.24, 2.45) is 0 Å². The number of aryl methyl sites for hydroxylation is 2. The SMILES string of the molecule is Cc1ccc(-c2ccc(C)c([N+](=O)[O-])c2C)c(C)c1[N+](=O)[O-]. The third kappa shape index (κ3) is 2.43. The van der Waals surface area contributed by atoms with Gasteiger partial charge in [-0.25, -0.2) is 0 Å². The first-order valence-corrected chi connectivity index (χ1v) is 6.75. The fourth-order valence-corrected chi connectivity index (χ4v) is 2.82. The van der Waals surface area contributed by atoms with Crippen LogP contribution in [-0.4, -0.2) is 9.85 Å². The third-order valence-electron chi connectivity index (χ3n) is 3.92. The molecule has 0 aromatic heterocycles. The Hall–Kier alpha value is -2.76. The van der Waals surface area contributed by atoms with Crippen molar-refractivity contribution >= 4 is 11.4 Å². The van der Waals surface area contributed by atoms with E-state index in [1.807, 2.05) is 0 Å². The van der Waals surface area contributed by atoms with Crippen molar-refractivity contribution in [3.8, 4) is 11.1 Å². The van der Waals surface area contributed by atoms with E-state index >= 15 is 0 Å². The fourth-order valence-electron chi connectivity index (χ4n) is 2.82. The number of nitrogens with zero attached hydrogens (tertiary/aromatic N) is 2. The van der Waals surface area contributed by atoms with E-state index in [0.717, 1.165) is 0 Å². The Morgan fingerprint density at radius 1 is 0.682 bits per heavy atom. The van der Waals surface area contributed by atoms with E-state index in [4.69, 9.17) is 0 Å². The van der Waals surface area contributed by atoms with E-state index in [1.165, 1.54) is 0 Å². The molecule has 2 aromatic rings. The summed E-state index contributed by atoms with van der Waals surface area (Å²) in [5, 5.41) is 22.5.